The summed E-state index contributed by atoms with van der Waals surface area (Å²) in [5.41, 5.74) is -0.928. The van der Waals surface area contributed by atoms with Gasteiger partial charge in [-0.15, -0.1) is 0 Å². The number of nitrogens with zero attached hydrogens (tertiary/aromatic N) is 9. The molecule has 52 heavy (non-hydrogen) atoms. The van der Waals surface area contributed by atoms with Gasteiger partial charge in [-0.3, -0.25) is 23.7 Å². The first-order chi connectivity index (χ1) is 25.0. The molecule has 0 unspecified atom stereocenters. The number of fused-ring (bicyclic) bond motifs is 1. The summed E-state index contributed by atoms with van der Waals surface area (Å²) in [4.78, 5) is 40.9. The highest BCUT2D eigenvalue weighted by molar-refractivity contribution is 5.94. The number of unbranched alkanes of at least 4 members (excludes halogenated alkanes) is 5. The second-order valence-corrected chi connectivity index (χ2v) is 13.6. The molecule has 0 atom stereocenters. The van der Waals surface area contributed by atoms with Crippen molar-refractivity contribution in [2.24, 2.45) is 0 Å². The fraction of sp³-hybridized carbons (Fsp3) is 0.528. The van der Waals surface area contributed by atoms with Crippen molar-refractivity contribution < 1.29 is 31.9 Å². The Morgan fingerprint density at radius 1 is 1.06 bits per heavy atom. The van der Waals surface area contributed by atoms with Gasteiger partial charge in [0.05, 0.1) is 29.9 Å². The van der Waals surface area contributed by atoms with E-state index in [1.54, 1.807) is 21.6 Å². The molecule has 2 aliphatic rings. The predicted molar refractivity (Wildman–Crippen MR) is 181 cm³/mol. The van der Waals surface area contributed by atoms with E-state index < -0.39 is 34.7 Å². The van der Waals surface area contributed by atoms with Gasteiger partial charge in [-0.25, -0.2) is 19.3 Å². The van der Waals surface area contributed by atoms with E-state index in [2.05, 4.69) is 37.9 Å². The number of carbonyl (C=O) groups is 2. The molecule has 16 heteroatoms. The van der Waals surface area contributed by atoms with E-state index in [-0.39, 0.29) is 38.3 Å². The third-order valence-electron chi connectivity index (χ3n) is 10.1. The summed E-state index contributed by atoms with van der Waals surface area (Å²) < 4.78 is 63.1. The van der Waals surface area contributed by atoms with Crippen LogP contribution in [0.3, 0.4) is 0 Å². The zero-order chi connectivity index (χ0) is 36.9. The molecule has 2 fully saturated rings. The third kappa shape index (κ3) is 7.79. The Kier molecular flexibility index (Phi) is 11.2. The molecular weight excluding hydrogens is 682 g/mol. The lowest BCUT2D eigenvalue weighted by molar-refractivity contribution is -0.147. The number of ether oxygens (including phenoxy) is 1. The second-order valence-electron chi connectivity index (χ2n) is 13.6. The average Bonchev–Trinajstić information content (AvgIpc) is 3.78. The molecule has 0 radical (unpaired) electrons. The van der Waals surface area contributed by atoms with Gasteiger partial charge in [0.25, 0.3) is 5.91 Å². The van der Waals surface area contributed by atoms with Crippen molar-refractivity contribution in [2.75, 3.05) is 26.2 Å². The Hall–Kier alpha value is -4.91. The Morgan fingerprint density at radius 3 is 2.54 bits per heavy atom. The maximum Gasteiger partial charge on any atom is 0.436 e. The molecule has 0 bridgehead atoms. The van der Waals surface area contributed by atoms with Crippen LogP contribution < -0.4 is 0 Å². The maximum absolute atomic E-state index is 14.6. The minimum Gasteiger partial charge on any atom is -0.444 e. The van der Waals surface area contributed by atoms with E-state index in [1.165, 1.54) is 30.5 Å². The molecule has 1 amide bonds. The van der Waals surface area contributed by atoms with Crippen LogP contribution in [0.2, 0.25) is 0 Å². The summed E-state index contributed by atoms with van der Waals surface area (Å²) in [6.45, 7) is 3.79. The molecule has 4 aromatic rings. The standard InChI is InChI=1S/C36H41F4N9O3/c1-2-3-4-5-6-7-8-29(50)52-24-47-18-12-28-31(43-23-44-33(28)47)25-19-45-49(20-25)35(13-14-41)21-48(22-35)26-10-16-46(17-11-26)34(51)27-9-15-42-32(30(27)37)36(38,39)40/h9,12,15,18-20,23,26H,2-8,10-11,13,16-17,21-22,24H2,1H3. The molecule has 6 rings (SSSR count). The Labute approximate surface area is 298 Å². The highest BCUT2D eigenvalue weighted by atomic mass is 19.4. The van der Waals surface area contributed by atoms with Crippen LogP contribution in [0.25, 0.3) is 22.3 Å². The topological polar surface area (TPSA) is 135 Å². The first-order valence-electron chi connectivity index (χ1n) is 17.7. The maximum atomic E-state index is 14.6. The van der Waals surface area contributed by atoms with Crippen LogP contribution in [-0.2, 0) is 28.0 Å². The van der Waals surface area contributed by atoms with Crippen LogP contribution in [0, 0.1) is 17.1 Å². The number of aromatic nitrogens is 6. The first-order valence-corrected chi connectivity index (χ1v) is 17.7. The molecular formula is C36H41F4N9O3. The van der Waals surface area contributed by atoms with Crippen molar-refractivity contribution >= 4 is 22.9 Å². The Morgan fingerprint density at radius 2 is 1.81 bits per heavy atom. The molecule has 2 saturated heterocycles. The number of likely N-dealkylation sites (tertiary alicyclic amines) is 2. The summed E-state index contributed by atoms with van der Waals surface area (Å²) in [7, 11) is 0. The average molecular weight is 724 g/mol. The van der Waals surface area contributed by atoms with Gasteiger partial charge in [0.2, 0.25) is 0 Å². The van der Waals surface area contributed by atoms with Gasteiger partial charge in [-0.2, -0.15) is 23.5 Å². The van der Waals surface area contributed by atoms with Crippen LogP contribution in [0.1, 0.15) is 87.2 Å². The van der Waals surface area contributed by atoms with Gasteiger partial charge in [-0.1, -0.05) is 39.0 Å². The minimum atomic E-state index is -5.01. The first kappa shape index (κ1) is 36.9. The van der Waals surface area contributed by atoms with Crippen molar-refractivity contribution in [3.05, 3.63) is 60.3 Å². The zero-order valence-electron chi connectivity index (χ0n) is 29.0. The number of alkyl halides is 3. The smallest absolute Gasteiger partial charge is 0.436 e. The van der Waals surface area contributed by atoms with E-state index in [1.807, 2.05) is 12.3 Å². The highest BCUT2D eigenvalue weighted by Crippen LogP contribution is 2.38. The number of halogens is 4. The van der Waals surface area contributed by atoms with Gasteiger partial charge in [0, 0.05) is 68.2 Å². The number of carbonyl (C=O) groups excluding carboxylic acids is 2. The molecule has 2 aliphatic heterocycles. The number of rotatable bonds is 14. The molecule has 0 N–H and O–H groups in total. The van der Waals surface area contributed by atoms with Gasteiger partial charge in [-0.05, 0) is 31.4 Å². The highest BCUT2D eigenvalue weighted by Gasteiger charge is 2.48. The van der Waals surface area contributed by atoms with Crippen molar-refractivity contribution in [3.63, 3.8) is 0 Å². The van der Waals surface area contributed by atoms with E-state index in [0.29, 0.717) is 43.7 Å². The number of nitriles is 1. The van der Waals surface area contributed by atoms with Crippen LogP contribution in [-0.4, -0.2) is 83.2 Å². The summed E-state index contributed by atoms with van der Waals surface area (Å²) in [6.07, 6.45) is 10.8. The number of piperidine rings is 1. The number of pyridine rings is 1. The summed E-state index contributed by atoms with van der Waals surface area (Å²) >= 11 is 0. The number of hydrogen-bond acceptors (Lipinski definition) is 9. The van der Waals surface area contributed by atoms with Crippen molar-refractivity contribution in [1.29, 1.82) is 5.26 Å². The van der Waals surface area contributed by atoms with E-state index in [0.717, 1.165) is 42.5 Å². The van der Waals surface area contributed by atoms with E-state index in [4.69, 9.17) is 4.74 Å². The molecule has 0 aliphatic carbocycles. The summed E-state index contributed by atoms with van der Waals surface area (Å²) in [6, 6.07) is 5.20. The van der Waals surface area contributed by atoms with Gasteiger partial charge >= 0.3 is 12.1 Å². The summed E-state index contributed by atoms with van der Waals surface area (Å²) in [5, 5.41) is 15.2. The van der Waals surface area contributed by atoms with Crippen molar-refractivity contribution in [1.82, 2.24) is 39.1 Å². The largest absolute Gasteiger partial charge is 0.444 e. The fourth-order valence-corrected chi connectivity index (χ4v) is 7.17. The van der Waals surface area contributed by atoms with E-state index in [9.17, 15) is 32.4 Å². The summed E-state index contributed by atoms with van der Waals surface area (Å²) in [5.74, 6) is -2.70. The molecule has 4 aromatic heterocycles. The lowest BCUT2D eigenvalue weighted by atomic mass is 9.83. The molecule has 0 spiro atoms. The Balaban J connectivity index is 1.06. The molecule has 6 heterocycles. The van der Waals surface area contributed by atoms with Crippen LogP contribution in [0.15, 0.2) is 43.2 Å². The van der Waals surface area contributed by atoms with Gasteiger partial charge < -0.3 is 9.64 Å². The van der Waals surface area contributed by atoms with Gasteiger partial charge in [0.1, 0.15) is 17.5 Å². The molecule has 0 aromatic carbocycles. The van der Waals surface area contributed by atoms with E-state index >= 15 is 0 Å². The number of esters is 1. The lowest BCUT2D eigenvalue weighted by Gasteiger charge is -2.53. The lowest BCUT2D eigenvalue weighted by Crippen LogP contribution is -2.66. The SMILES string of the molecule is CCCCCCCCC(=O)OCn1ccc2c(-c3cnn(C4(CC#N)CN(C5CCN(C(=O)c6ccnc(C(F)(F)F)c6F)CC5)C4)c3)ncnc21. The number of amides is 1. The van der Waals surface area contributed by atoms with Crippen LogP contribution in [0.5, 0.6) is 0 Å². The monoisotopic (exact) mass is 723 g/mol. The number of hydrogen-bond donors (Lipinski definition) is 0. The molecule has 276 valence electrons. The Bertz CT molecular complexity index is 1920. The normalized spacial score (nSPS) is 16.5. The quantitative estimate of drug-likeness (QED) is 0.0831. The molecule has 12 nitrogen and oxygen atoms in total. The van der Waals surface area contributed by atoms with Crippen molar-refractivity contribution in [2.45, 2.75) is 95.6 Å². The van der Waals surface area contributed by atoms with Crippen LogP contribution >= 0.6 is 0 Å². The fourth-order valence-electron chi connectivity index (χ4n) is 7.17. The second kappa shape index (κ2) is 15.8. The van der Waals surface area contributed by atoms with Gasteiger partial charge in [0.15, 0.2) is 18.2 Å². The predicted octanol–water partition coefficient (Wildman–Crippen LogP) is 6.33. The van der Waals surface area contributed by atoms with Crippen LogP contribution in [0.4, 0.5) is 17.6 Å². The van der Waals surface area contributed by atoms with Crippen molar-refractivity contribution in [3.8, 4) is 17.3 Å². The molecule has 0 saturated carbocycles. The minimum absolute atomic E-state index is 0.0434. The zero-order valence-corrected chi connectivity index (χ0v) is 29.0. The third-order valence-corrected chi connectivity index (χ3v) is 10.1.